The van der Waals surface area contributed by atoms with Crippen molar-refractivity contribution in [3.05, 3.63) is 47.5 Å². The highest BCUT2D eigenvalue weighted by Gasteiger charge is 2.13. The van der Waals surface area contributed by atoms with E-state index in [-0.39, 0.29) is 5.91 Å². The van der Waals surface area contributed by atoms with Crippen LogP contribution in [0.15, 0.2) is 30.6 Å². The van der Waals surface area contributed by atoms with E-state index in [9.17, 15) is 4.79 Å². The van der Waals surface area contributed by atoms with Crippen molar-refractivity contribution < 1.29 is 4.79 Å². The van der Waals surface area contributed by atoms with Gasteiger partial charge in [0, 0.05) is 37.1 Å². The molecule has 0 saturated heterocycles. The average molecular weight is 272 g/mol. The summed E-state index contributed by atoms with van der Waals surface area (Å²) in [7, 11) is 0. The molecule has 5 nitrogen and oxygen atoms in total. The highest BCUT2D eigenvalue weighted by Crippen LogP contribution is 2.07. The van der Waals surface area contributed by atoms with Crippen LogP contribution in [0, 0.1) is 6.92 Å². The molecule has 2 rings (SSSR count). The normalized spacial score (nSPS) is 10.5. The lowest BCUT2D eigenvalue weighted by Crippen LogP contribution is -2.26. The summed E-state index contributed by atoms with van der Waals surface area (Å²) in [6.07, 6.45) is 5.13. The van der Waals surface area contributed by atoms with Crippen LogP contribution in [0.25, 0.3) is 0 Å². The third-order valence-corrected chi connectivity index (χ3v) is 3.18. The smallest absolute Gasteiger partial charge is 0.254 e. The van der Waals surface area contributed by atoms with Gasteiger partial charge >= 0.3 is 0 Å². The topological polar surface area (TPSA) is 59.8 Å². The number of amides is 1. The highest BCUT2D eigenvalue weighted by atomic mass is 16.1. The fourth-order valence-corrected chi connectivity index (χ4v) is 2.05. The summed E-state index contributed by atoms with van der Waals surface area (Å²) in [4.78, 5) is 16.3. The molecule has 5 heteroatoms. The van der Waals surface area contributed by atoms with Gasteiger partial charge in [0.25, 0.3) is 5.91 Å². The monoisotopic (exact) mass is 272 g/mol. The van der Waals surface area contributed by atoms with Gasteiger partial charge in [0.1, 0.15) is 0 Å². The maximum Gasteiger partial charge on any atom is 0.254 e. The molecular formula is C15H20N4O. The fraction of sp³-hybridized carbons (Fsp3) is 0.400. The van der Waals surface area contributed by atoms with Crippen molar-refractivity contribution in [2.24, 2.45) is 0 Å². The molecule has 106 valence electrons. The molecule has 0 spiro atoms. The molecule has 0 unspecified atom stereocenters. The van der Waals surface area contributed by atoms with Gasteiger partial charge in [0.2, 0.25) is 0 Å². The van der Waals surface area contributed by atoms with Gasteiger partial charge in [-0.15, -0.1) is 0 Å². The molecular weight excluding hydrogens is 252 g/mol. The Kier molecular flexibility index (Phi) is 4.87. The van der Waals surface area contributed by atoms with Crippen molar-refractivity contribution in [2.75, 3.05) is 6.54 Å². The van der Waals surface area contributed by atoms with Gasteiger partial charge in [0.05, 0.1) is 11.8 Å². The van der Waals surface area contributed by atoms with Crippen LogP contribution in [0.4, 0.5) is 0 Å². The molecule has 0 aliphatic heterocycles. The summed E-state index contributed by atoms with van der Waals surface area (Å²) < 4.78 is 1.87. The molecule has 0 fully saturated rings. The molecule has 1 N–H and O–H groups in total. The van der Waals surface area contributed by atoms with Crippen LogP contribution >= 0.6 is 0 Å². The van der Waals surface area contributed by atoms with Crippen LogP contribution in [-0.2, 0) is 13.0 Å². The van der Waals surface area contributed by atoms with E-state index in [0.29, 0.717) is 12.1 Å². The van der Waals surface area contributed by atoms with Crippen LogP contribution < -0.4 is 5.32 Å². The summed E-state index contributed by atoms with van der Waals surface area (Å²) in [6.45, 7) is 5.44. The Morgan fingerprint density at radius 1 is 1.40 bits per heavy atom. The van der Waals surface area contributed by atoms with Gasteiger partial charge < -0.3 is 5.32 Å². The summed E-state index contributed by atoms with van der Waals surface area (Å²) in [5.41, 5.74) is 2.55. The van der Waals surface area contributed by atoms with Crippen molar-refractivity contribution in [2.45, 2.75) is 33.2 Å². The van der Waals surface area contributed by atoms with Gasteiger partial charge in [-0.05, 0) is 25.5 Å². The minimum atomic E-state index is -0.0687. The predicted octanol–water partition coefficient (Wildman–Crippen LogP) is 1.97. The second-order valence-electron chi connectivity index (χ2n) is 4.69. The molecule has 0 aliphatic rings. The Bertz CT molecular complexity index is 563. The standard InChI is InChI=1S/C15H20N4O/c1-3-10-19-12(2)14(11-18-19)15(20)17-9-7-13-6-4-5-8-16-13/h4-6,8,11H,3,7,9-10H2,1-2H3,(H,17,20). The molecule has 1 amide bonds. The maximum absolute atomic E-state index is 12.1. The Balaban J connectivity index is 1.89. The van der Waals surface area contributed by atoms with Crippen molar-refractivity contribution in [1.29, 1.82) is 0 Å². The maximum atomic E-state index is 12.1. The van der Waals surface area contributed by atoms with E-state index in [1.54, 1.807) is 12.4 Å². The Morgan fingerprint density at radius 2 is 2.25 bits per heavy atom. The zero-order valence-corrected chi connectivity index (χ0v) is 12.0. The van der Waals surface area contributed by atoms with Gasteiger partial charge in [-0.3, -0.25) is 14.5 Å². The summed E-state index contributed by atoms with van der Waals surface area (Å²) in [5.74, 6) is -0.0687. The second kappa shape index (κ2) is 6.84. The average Bonchev–Trinajstić information content (AvgIpc) is 2.82. The van der Waals surface area contributed by atoms with E-state index >= 15 is 0 Å². The number of pyridine rings is 1. The molecule has 0 saturated carbocycles. The first kappa shape index (κ1) is 14.2. The number of carbonyl (C=O) groups is 1. The SMILES string of the molecule is CCCn1ncc(C(=O)NCCc2ccccn2)c1C. The van der Waals surface area contributed by atoms with Crippen LogP contribution in [0.5, 0.6) is 0 Å². The number of rotatable bonds is 6. The minimum Gasteiger partial charge on any atom is -0.352 e. The van der Waals surface area contributed by atoms with Crippen molar-refractivity contribution in [1.82, 2.24) is 20.1 Å². The van der Waals surface area contributed by atoms with Crippen LogP contribution in [0.3, 0.4) is 0 Å². The lowest BCUT2D eigenvalue weighted by Gasteiger charge is -2.05. The number of aryl methyl sites for hydroxylation is 1. The van der Waals surface area contributed by atoms with Crippen molar-refractivity contribution in [3.8, 4) is 0 Å². The van der Waals surface area contributed by atoms with E-state index < -0.39 is 0 Å². The zero-order valence-electron chi connectivity index (χ0n) is 12.0. The highest BCUT2D eigenvalue weighted by molar-refractivity contribution is 5.95. The first-order valence-electron chi connectivity index (χ1n) is 6.93. The van der Waals surface area contributed by atoms with Gasteiger partial charge in [0.15, 0.2) is 0 Å². The summed E-state index contributed by atoms with van der Waals surface area (Å²) in [6, 6.07) is 5.79. The first-order valence-corrected chi connectivity index (χ1v) is 6.93. The van der Waals surface area contributed by atoms with E-state index in [0.717, 1.165) is 30.8 Å². The Hall–Kier alpha value is -2.17. The molecule has 2 heterocycles. The van der Waals surface area contributed by atoms with Crippen LogP contribution in [0.2, 0.25) is 0 Å². The van der Waals surface area contributed by atoms with Gasteiger partial charge in [-0.25, -0.2) is 0 Å². The lowest BCUT2D eigenvalue weighted by atomic mass is 10.2. The van der Waals surface area contributed by atoms with Gasteiger partial charge in [-0.1, -0.05) is 13.0 Å². The molecule has 0 aromatic carbocycles. The number of nitrogens with zero attached hydrogens (tertiary/aromatic N) is 3. The van der Waals surface area contributed by atoms with E-state index in [1.165, 1.54) is 0 Å². The third kappa shape index (κ3) is 3.44. The number of hydrogen-bond donors (Lipinski definition) is 1. The molecule has 2 aromatic rings. The second-order valence-corrected chi connectivity index (χ2v) is 4.69. The van der Waals surface area contributed by atoms with Crippen molar-refractivity contribution in [3.63, 3.8) is 0 Å². The molecule has 0 radical (unpaired) electrons. The van der Waals surface area contributed by atoms with E-state index in [1.807, 2.05) is 29.8 Å². The molecule has 0 bridgehead atoms. The Labute approximate surface area is 119 Å². The molecule has 2 aromatic heterocycles. The first-order chi connectivity index (χ1) is 9.72. The quantitative estimate of drug-likeness (QED) is 0.874. The van der Waals surface area contributed by atoms with E-state index in [4.69, 9.17) is 0 Å². The predicted molar refractivity (Wildman–Crippen MR) is 77.5 cm³/mol. The van der Waals surface area contributed by atoms with Crippen molar-refractivity contribution >= 4 is 5.91 Å². The van der Waals surface area contributed by atoms with Gasteiger partial charge in [-0.2, -0.15) is 5.10 Å². The summed E-state index contributed by atoms with van der Waals surface area (Å²) in [5, 5.41) is 7.15. The Morgan fingerprint density at radius 3 is 2.95 bits per heavy atom. The minimum absolute atomic E-state index is 0.0687. The van der Waals surface area contributed by atoms with Crippen LogP contribution in [-0.4, -0.2) is 27.2 Å². The molecule has 0 aliphatic carbocycles. The number of aromatic nitrogens is 3. The fourth-order valence-electron chi connectivity index (χ4n) is 2.05. The lowest BCUT2D eigenvalue weighted by molar-refractivity contribution is 0.0953. The van der Waals surface area contributed by atoms with Crippen LogP contribution in [0.1, 0.15) is 35.1 Å². The number of nitrogens with one attached hydrogen (secondary N) is 1. The third-order valence-electron chi connectivity index (χ3n) is 3.18. The summed E-state index contributed by atoms with van der Waals surface area (Å²) >= 11 is 0. The molecule has 0 atom stereocenters. The van der Waals surface area contributed by atoms with E-state index in [2.05, 4.69) is 22.3 Å². The molecule has 20 heavy (non-hydrogen) atoms. The number of hydrogen-bond acceptors (Lipinski definition) is 3. The largest absolute Gasteiger partial charge is 0.352 e. The zero-order chi connectivity index (χ0) is 14.4. The number of carbonyl (C=O) groups excluding carboxylic acids is 1.